The second-order valence-corrected chi connectivity index (χ2v) is 6.38. The van der Waals surface area contributed by atoms with Crippen molar-refractivity contribution in [1.82, 2.24) is 5.32 Å². The van der Waals surface area contributed by atoms with E-state index in [0.717, 1.165) is 18.0 Å². The van der Waals surface area contributed by atoms with Crippen LogP contribution in [0.25, 0.3) is 0 Å². The van der Waals surface area contributed by atoms with E-state index >= 15 is 0 Å². The Morgan fingerprint density at radius 2 is 2.00 bits per heavy atom. The van der Waals surface area contributed by atoms with Gasteiger partial charge in [-0.25, -0.2) is 0 Å². The summed E-state index contributed by atoms with van der Waals surface area (Å²) in [7, 11) is 0. The van der Waals surface area contributed by atoms with Crippen LogP contribution in [0.4, 0.5) is 0 Å². The Morgan fingerprint density at radius 1 is 1.21 bits per heavy atom. The maximum Gasteiger partial charge on any atom is 0.0590 e. The molecule has 0 bridgehead atoms. The second-order valence-electron chi connectivity index (χ2n) is 4.82. The van der Waals surface area contributed by atoms with E-state index in [-0.39, 0.29) is 6.04 Å². The van der Waals surface area contributed by atoms with Gasteiger partial charge in [0.1, 0.15) is 0 Å². The molecule has 0 amide bonds. The van der Waals surface area contributed by atoms with Crippen LogP contribution in [0, 0.1) is 13.8 Å². The number of nitrogens with one attached hydrogen (secondary N) is 1. The molecule has 3 heteroatoms. The van der Waals surface area contributed by atoms with Crippen LogP contribution in [0.15, 0.2) is 29.6 Å². The van der Waals surface area contributed by atoms with Crippen molar-refractivity contribution in [2.24, 2.45) is 0 Å². The highest BCUT2D eigenvalue weighted by Gasteiger charge is 2.18. The van der Waals surface area contributed by atoms with Gasteiger partial charge in [-0.05, 0) is 67.1 Å². The average molecular weight is 294 g/mol. The van der Waals surface area contributed by atoms with Crippen molar-refractivity contribution >= 4 is 22.9 Å². The molecule has 0 radical (unpaired) electrons. The predicted molar refractivity (Wildman–Crippen MR) is 85.4 cm³/mol. The normalized spacial score (nSPS) is 12.6. The Hall–Kier alpha value is -0.830. The van der Waals surface area contributed by atoms with Gasteiger partial charge in [-0.1, -0.05) is 24.6 Å². The molecule has 1 N–H and O–H groups in total. The Labute approximate surface area is 124 Å². The summed E-state index contributed by atoms with van der Waals surface area (Å²) in [6.45, 7) is 7.52. The number of hydrogen-bond donors (Lipinski definition) is 1. The van der Waals surface area contributed by atoms with Gasteiger partial charge in [0.15, 0.2) is 0 Å². The molecule has 0 fully saturated rings. The lowest BCUT2D eigenvalue weighted by Gasteiger charge is -2.21. The van der Waals surface area contributed by atoms with Crippen molar-refractivity contribution < 1.29 is 0 Å². The zero-order valence-corrected chi connectivity index (χ0v) is 13.2. The number of aryl methyl sites for hydroxylation is 2. The van der Waals surface area contributed by atoms with E-state index in [2.05, 4.69) is 43.6 Å². The lowest BCUT2D eigenvalue weighted by molar-refractivity contribution is 0.596. The van der Waals surface area contributed by atoms with Crippen LogP contribution < -0.4 is 5.32 Å². The molecule has 19 heavy (non-hydrogen) atoms. The number of halogens is 1. The monoisotopic (exact) mass is 293 g/mol. The van der Waals surface area contributed by atoms with Gasteiger partial charge in [-0.15, -0.1) is 11.3 Å². The summed E-state index contributed by atoms with van der Waals surface area (Å²) in [5.41, 5.74) is 3.94. The SMILES string of the molecule is CCCNC(c1ccc(Cl)cc1C)c1ccsc1C. The molecule has 0 saturated carbocycles. The van der Waals surface area contributed by atoms with Crippen LogP contribution >= 0.6 is 22.9 Å². The van der Waals surface area contributed by atoms with Crippen molar-refractivity contribution in [2.45, 2.75) is 33.2 Å². The number of benzene rings is 1. The van der Waals surface area contributed by atoms with Crippen molar-refractivity contribution in [1.29, 1.82) is 0 Å². The van der Waals surface area contributed by atoms with Crippen molar-refractivity contribution in [3.63, 3.8) is 0 Å². The first-order valence-corrected chi connectivity index (χ1v) is 7.92. The van der Waals surface area contributed by atoms with Crippen LogP contribution in [0.2, 0.25) is 5.02 Å². The zero-order chi connectivity index (χ0) is 13.8. The molecule has 1 aromatic heterocycles. The van der Waals surface area contributed by atoms with Crippen molar-refractivity contribution in [3.8, 4) is 0 Å². The quantitative estimate of drug-likeness (QED) is 0.808. The van der Waals surface area contributed by atoms with Gasteiger partial charge >= 0.3 is 0 Å². The highest BCUT2D eigenvalue weighted by atomic mass is 35.5. The van der Waals surface area contributed by atoms with Gasteiger partial charge in [-0.3, -0.25) is 0 Å². The van der Waals surface area contributed by atoms with E-state index in [1.807, 2.05) is 12.1 Å². The number of rotatable bonds is 5. The van der Waals surface area contributed by atoms with E-state index in [1.54, 1.807) is 11.3 Å². The highest BCUT2D eigenvalue weighted by molar-refractivity contribution is 7.10. The minimum absolute atomic E-state index is 0.267. The molecule has 1 heterocycles. The van der Waals surface area contributed by atoms with Gasteiger partial charge in [-0.2, -0.15) is 0 Å². The predicted octanol–water partition coefficient (Wildman–Crippen LogP) is 5.11. The highest BCUT2D eigenvalue weighted by Crippen LogP contribution is 2.31. The molecule has 1 atom stereocenters. The van der Waals surface area contributed by atoms with Crippen molar-refractivity contribution in [2.75, 3.05) is 6.54 Å². The third-order valence-electron chi connectivity index (χ3n) is 3.35. The van der Waals surface area contributed by atoms with E-state index in [1.165, 1.54) is 21.6 Å². The molecular weight excluding hydrogens is 274 g/mol. The molecular formula is C16H20ClNS. The molecule has 1 nitrogen and oxygen atoms in total. The standard InChI is InChI=1S/C16H20ClNS/c1-4-8-18-16(15-7-9-19-12(15)3)14-6-5-13(17)10-11(14)2/h5-7,9-10,16,18H,4,8H2,1-3H3. The topological polar surface area (TPSA) is 12.0 Å². The Morgan fingerprint density at radius 3 is 2.58 bits per heavy atom. The van der Waals surface area contributed by atoms with Crippen molar-refractivity contribution in [3.05, 3.63) is 56.2 Å². The van der Waals surface area contributed by atoms with Crippen LogP contribution in [-0.4, -0.2) is 6.54 Å². The molecule has 2 rings (SSSR count). The molecule has 2 aromatic rings. The number of thiophene rings is 1. The molecule has 1 aromatic carbocycles. The molecule has 0 aliphatic heterocycles. The van der Waals surface area contributed by atoms with Gasteiger partial charge in [0.05, 0.1) is 6.04 Å². The smallest absolute Gasteiger partial charge is 0.0590 e. The lowest BCUT2D eigenvalue weighted by atomic mass is 9.95. The summed E-state index contributed by atoms with van der Waals surface area (Å²) in [6.07, 6.45) is 1.13. The summed E-state index contributed by atoms with van der Waals surface area (Å²) in [6, 6.07) is 8.65. The Balaban J connectivity index is 2.40. The lowest BCUT2D eigenvalue weighted by Crippen LogP contribution is -2.24. The second kappa shape index (κ2) is 6.56. The van der Waals surface area contributed by atoms with E-state index < -0.39 is 0 Å². The maximum absolute atomic E-state index is 6.06. The van der Waals surface area contributed by atoms with E-state index in [9.17, 15) is 0 Å². The van der Waals surface area contributed by atoms with Gasteiger partial charge < -0.3 is 5.32 Å². The molecule has 0 aliphatic rings. The molecule has 1 unspecified atom stereocenters. The fraction of sp³-hybridized carbons (Fsp3) is 0.375. The van der Waals surface area contributed by atoms with Gasteiger partial charge in [0.2, 0.25) is 0 Å². The number of hydrogen-bond acceptors (Lipinski definition) is 2. The Kier molecular flexibility index (Phi) is 5.03. The maximum atomic E-state index is 6.06. The summed E-state index contributed by atoms with van der Waals surface area (Å²) in [5, 5.41) is 6.62. The molecule has 0 spiro atoms. The first-order valence-electron chi connectivity index (χ1n) is 6.67. The summed E-state index contributed by atoms with van der Waals surface area (Å²) >= 11 is 7.87. The van der Waals surface area contributed by atoms with E-state index in [0.29, 0.717) is 0 Å². The zero-order valence-electron chi connectivity index (χ0n) is 11.7. The fourth-order valence-corrected chi connectivity index (χ4v) is 3.30. The largest absolute Gasteiger partial charge is 0.306 e. The van der Waals surface area contributed by atoms with Crippen LogP contribution in [0.3, 0.4) is 0 Å². The molecule has 102 valence electrons. The summed E-state index contributed by atoms with van der Waals surface area (Å²) in [5.74, 6) is 0. The van der Waals surface area contributed by atoms with Gasteiger partial charge in [0, 0.05) is 9.90 Å². The third kappa shape index (κ3) is 3.38. The third-order valence-corrected chi connectivity index (χ3v) is 4.45. The minimum atomic E-state index is 0.267. The van der Waals surface area contributed by atoms with Crippen LogP contribution in [-0.2, 0) is 0 Å². The first-order chi connectivity index (χ1) is 9.13. The summed E-state index contributed by atoms with van der Waals surface area (Å²) in [4.78, 5) is 1.38. The van der Waals surface area contributed by atoms with Crippen LogP contribution in [0.5, 0.6) is 0 Å². The van der Waals surface area contributed by atoms with Gasteiger partial charge in [0.25, 0.3) is 0 Å². The fourth-order valence-electron chi connectivity index (χ4n) is 2.33. The summed E-state index contributed by atoms with van der Waals surface area (Å²) < 4.78 is 0. The van der Waals surface area contributed by atoms with E-state index in [4.69, 9.17) is 11.6 Å². The average Bonchev–Trinajstić information content (AvgIpc) is 2.78. The first kappa shape index (κ1) is 14.6. The van der Waals surface area contributed by atoms with Crippen LogP contribution in [0.1, 0.15) is 41.0 Å². The molecule has 0 aliphatic carbocycles. The Bertz CT molecular complexity index is 547. The molecule has 0 saturated heterocycles. The minimum Gasteiger partial charge on any atom is -0.306 e.